The topological polar surface area (TPSA) is 72.8 Å². The van der Waals surface area contributed by atoms with Crippen molar-refractivity contribution < 1.29 is 15.0 Å². The largest absolute Gasteiger partial charge is 0.508 e. The maximum absolute atomic E-state index is 12.8. The minimum Gasteiger partial charge on any atom is -0.508 e. The summed E-state index contributed by atoms with van der Waals surface area (Å²) in [5.74, 6) is 0.569. The van der Waals surface area contributed by atoms with Crippen molar-refractivity contribution in [3.63, 3.8) is 0 Å². The average molecular weight is 340 g/mol. The summed E-state index contributed by atoms with van der Waals surface area (Å²) in [6.07, 6.45) is 1.33. The summed E-state index contributed by atoms with van der Waals surface area (Å²) in [5.41, 5.74) is 1.69. The van der Waals surface area contributed by atoms with E-state index in [1.807, 2.05) is 43.0 Å². The number of rotatable bonds is 5. The molecule has 2 aromatic rings. The minimum atomic E-state index is -0.407. The van der Waals surface area contributed by atoms with Crippen molar-refractivity contribution >= 4 is 5.91 Å². The maximum atomic E-state index is 12.8. The van der Waals surface area contributed by atoms with Crippen LogP contribution in [0.15, 0.2) is 48.5 Å². The molecule has 1 aliphatic rings. The summed E-state index contributed by atoms with van der Waals surface area (Å²) in [6.45, 7) is 4.65. The molecule has 1 aliphatic heterocycles. The molecule has 2 aromatic carbocycles. The van der Waals surface area contributed by atoms with E-state index in [1.54, 1.807) is 24.3 Å². The number of carbonyl (C=O) groups excluding carboxylic acids is 1. The third-order valence-corrected chi connectivity index (χ3v) is 4.70. The second-order valence-corrected chi connectivity index (χ2v) is 7.03. The molecule has 0 radical (unpaired) electrons. The number of nitrogens with one attached hydrogen (secondary N) is 1. The Hall–Kier alpha value is -2.53. The Morgan fingerprint density at radius 1 is 0.960 bits per heavy atom. The van der Waals surface area contributed by atoms with E-state index in [0.717, 1.165) is 17.5 Å². The van der Waals surface area contributed by atoms with E-state index in [2.05, 4.69) is 5.32 Å². The van der Waals surface area contributed by atoms with Crippen LogP contribution in [0, 0.1) is 0 Å². The molecule has 25 heavy (non-hydrogen) atoms. The van der Waals surface area contributed by atoms with Gasteiger partial charge >= 0.3 is 0 Å². The first-order valence-electron chi connectivity index (χ1n) is 8.50. The molecule has 1 heterocycles. The van der Waals surface area contributed by atoms with Crippen molar-refractivity contribution in [1.29, 1.82) is 0 Å². The van der Waals surface area contributed by atoms with Crippen LogP contribution in [-0.4, -0.2) is 39.3 Å². The molecule has 3 rings (SSSR count). The molecule has 5 nitrogen and oxygen atoms in total. The quantitative estimate of drug-likeness (QED) is 0.782. The zero-order valence-corrected chi connectivity index (χ0v) is 14.6. The Morgan fingerprint density at radius 3 is 2.04 bits per heavy atom. The summed E-state index contributed by atoms with van der Waals surface area (Å²) in [5, 5.41) is 22.2. The van der Waals surface area contributed by atoms with E-state index < -0.39 is 5.66 Å². The Kier molecular flexibility index (Phi) is 4.68. The SMILES string of the molecule is CC1(C)N[C@@H](Cc2ccc(O)cc2)C(=O)N1CCc1ccc(O)cc1. The first-order chi connectivity index (χ1) is 11.8. The summed E-state index contributed by atoms with van der Waals surface area (Å²) >= 11 is 0. The summed E-state index contributed by atoms with van der Waals surface area (Å²) in [4.78, 5) is 14.7. The van der Waals surface area contributed by atoms with Gasteiger partial charge in [0.05, 0.1) is 11.7 Å². The van der Waals surface area contributed by atoms with E-state index in [0.29, 0.717) is 13.0 Å². The highest BCUT2D eigenvalue weighted by Gasteiger charge is 2.43. The van der Waals surface area contributed by atoms with Gasteiger partial charge in [0.15, 0.2) is 0 Å². The molecule has 1 fully saturated rings. The third kappa shape index (κ3) is 3.94. The monoisotopic (exact) mass is 340 g/mol. The number of hydrogen-bond donors (Lipinski definition) is 3. The first-order valence-corrected chi connectivity index (χ1v) is 8.50. The number of phenolic OH excluding ortho intramolecular Hbond substituents is 2. The van der Waals surface area contributed by atoms with Crippen LogP contribution in [0.1, 0.15) is 25.0 Å². The standard InChI is InChI=1S/C20H24N2O3/c1-20(2)21-18(13-15-5-9-17(24)10-6-15)19(25)22(20)12-11-14-3-7-16(23)8-4-14/h3-10,18,21,23-24H,11-13H2,1-2H3/t18-/m0/s1. The van der Waals surface area contributed by atoms with Crippen LogP contribution in [0.4, 0.5) is 0 Å². The van der Waals surface area contributed by atoms with E-state index in [-0.39, 0.29) is 23.4 Å². The minimum absolute atomic E-state index is 0.0943. The Morgan fingerprint density at radius 2 is 1.48 bits per heavy atom. The molecule has 0 spiro atoms. The molecule has 132 valence electrons. The highest BCUT2D eigenvalue weighted by atomic mass is 16.3. The third-order valence-electron chi connectivity index (χ3n) is 4.70. The molecule has 1 amide bonds. The number of aromatic hydroxyl groups is 2. The van der Waals surface area contributed by atoms with Crippen LogP contribution >= 0.6 is 0 Å². The molecule has 5 heteroatoms. The number of hydrogen-bond acceptors (Lipinski definition) is 4. The average Bonchev–Trinajstić information content (AvgIpc) is 2.78. The van der Waals surface area contributed by atoms with Gasteiger partial charge in [-0.2, -0.15) is 0 Å². The molecule has 0 unspecified atom stereocenters. The lowest BCUT2D eigenvalue weighted by Crippen LogP contribution is -2.48. The van der Waals surface area contributed by atoms with Gasteiger partial charge in [0, 0.05) is 6.54 Å². The van der Waals surface area contributed by atoms with Gasteiger partial charge in [-0.25, -0.2) is 0 Å². The smallest absolute Gasteiger partial charge is 0.241 e. The van der Waals surface area contributed by atoms with E-state index in [9.17, 15) is 15.0 Å². The van der Waals surface area contributed by atoms with Crippen LogP contribution in [0.25, 0.3) is 0 Å². The fourth-order valence-corrected chi connectivity index (χ4v) is 3.33. The van der Waals surface area contributed by atoms with E-state index in [4.69, 9.17) is 0 Å². The Bertz CT molecular complexity index is 739. The number of benzene rings is 2. The molecular formula is C20H24N2O3. The van der Waals surface area contributed by atoms with Crippen LogP contribution in [0.5, 0.6) is 11.5 Å². The van der Waals surface area contributed by atoms with Crippen LogP contribution < -0.4 is 5.32 Å². The summed E-state index contributed by atoms with van der Waals surface area (Å²) in [6, 6.07) is 13.8. The fraction of sp³-hybridized carbons (Fsp3) is 0.350. The van der Waals surface area contributed by atoms with Gasteiger partial charge in [-0.05, 0) is 62.1 Å². The van der Waals surface area contributed by atoms with Gasteiger partial charge in [-0.15, -0.1) is 0 Å². The highest BCUT2D eigenvalue weighted by molar-refractivity contribution is 5.85. The van der Waals surface area contributed by atoms with Crippen molar-refractivity contribution in [2.24, 2.45) is 0 Å². The Balaban J connectivity index is 1.66. The number of amides is 1. The second kappa shape index (κ2) is 6.76. The molecule has 1 saturated heterocycles. The van der Waals surface area contributed by atoms with Gasteiger partial charge in [-0.3, -0.25) is 10.1 Å². The van der Waals surface area contributed by atoms with Gasteiger partial charge in [0.25, 0.3) is 0 Å². The molecule has 0 aromatic heterocycles. The Labute approximate surface area is 147 Å². The van der Waals surface area contributed by atoms with Gasteiger partial charge in [0.1, 0.15) is 11.5 Å². The van der Waals surface area contributed by atoms with Crippen LogP contribution in [-0.2, 0) is 17.6 Å². The second-order valence-electron chi connectivity index (χ2n) is 7.03. The van der Waals surface area contributed by atoms with Crippen LogP contribution in [0.2, 0.25) is 0 Å². The molecule has 1 atom stereocenters. The predicted molar refractivity (Wildman–Crippen MR) is 96.3 cm³/mol. The van der Waals surface area contributed by atoms with Crippen molar-refractivity contribution in [3.05, 3.63) is 59.7 Å². The first kappa shape index (κ1) is 17.3. The predicted octanol–water partition coefficient (Wildman–Crippen LogP) is 2.42. The number of phenols is 2. The fourth-order valence-electron chi connectivity index (χ4n) is 3.33. The van der Waals surface area contributed by atoms with E-state index >= 15 is 0 Å². The van der Waals surface area contributed by atoms with Crippen molar-refractivity contribution in [1.82, 2.24) is 10.2 Å². The molecular weight excluding hydrogens is 316 g/mol. The maximum Gasteiger partial charge on any atom is 0.241 e. The summed E-state index contributed by atoms with van der Waals surface area (Å²) < 4.78 is 0. The molecule has 0 saturated carbocycles. The van der Waals surface area contributed by atoms with E-state index in [1.165, 1.54) is 0 Å². The highest BCUT2D eigenvalue weighted by Crippen LogP contribution is 2.24. The van der Waals surface area contributed by atoms with Crippen molar-refractivity contribution in [3.8, 4) is 11.5 Å². The summed E-state index contributed by atoms with van der Waals surface area (Å²) in [7, 11) is 0. The van der Waals surface area contributed by atoms with Crippen molar-refractivity contribution in [2.75, 3.05) is 6.54 Å². The van der Waals surface area contributed by atoms with Gasteiger partial charge < -0.3 is 15.1 Å². The van der Waals surface area contributed by atoms with Gasteiger partial charge in [0.2, 0.25) is 5.91 Å². The normalized spacial score (nSPS) is 19.4. The van der Waals surface area contributed by atoms with Crippen molar-refractivity contribution in [2.45, 2.75) is 38.4 Å². The zero-order chi connectivity index (χ0) is 18.0. The molecule has 3 N–H and O–H groups in total. The molecule has 0 bridgehead atoms. The number of nitrogens with zero attached hydrogens (tertiary/aromatic N) is 1. The molecule has 0 aliphatic carbocycles. The lowest BCUT2D eigenvalue weighted by molar-refractivity contribution is -0.131. The van der Waals surface area contributed by atoms with Gasteiger partial charge in [-0.1, -0.05) is 24.3 Å². The zero-order valence-electron chi connectivity index (χ0n) is 14.6. The lowest BCUT2D eigenvalue weighted by Gasteiger charge is -2.31. The lowest BCUT2D eigenvalue weighted by atomic mass is 10.1. The number of carbonyl (C=O) groups is 1. The van der Waals surface area contributed by atoms with Crippen LogP contribution in [0.3, 0.4) is 0 Å².